The smallest absolute Gasteiger partial charge is 0.238 e. The molecular formula is C14H18Cl2N2O. The first-order valence-electron chi connectivity index (χ1n) is 6.52. The molecule has 5 heteroatoms. The summed E-state index contributed by atoms with van der Waals surface area (Å²) in [6.45, 7) is 4.62. The Morgan fingerprint density at radius 3 is 2.95 bits per heavy atom. The van der Waals surface area contributed by atoms with Crippen molar-refractivity contribution in [2.45, 2.75) is 19.8 Å². The number of likely N-dealkylation sites (tertiary alicyclic amines) is 1. The fourth-order valence-corrected chi connectivity index (χ4v) is 2.87. The number of rotatable bonds is 3. The van der Waals surface area contributed by atoms with Crippen molar-refractivity contribution < 1.29 is 4.79 Å². The molecule has 0 radical (unpaired) electrons. The fourth-order valence-electron chi connectivity index (χ4n) is 2.41. The van der Waals surface area contributed by atoms with E-state index in [0.717, 1.165) is 19.5 Å². The summed E-state index contributed by atoms with van der Waals surface area (Å²) in [5.74, 6) is 0.638. The minimum Gasteiger partial charge on any atom is -0.324 e. The Morgan fingerprint density at radius 1 is 1.47 bits per heavy atom. The standard InChI is InChI=1S/C14H18Cl2N2O/c1-10-3-2-6-18(8-10)9-14(19)17-13-5-4-11(15)7-12(13)16/h4-5,7,10H,2-3,6,8-9H2,1H3,(H,17,19). The van der Waals surface area contributed by atoms with Gasteiger partial charge < -0.3 is 5.32 Å². The van der Waals surface area contributed by atoms with E-state index in [1.54, 1.807) is 18.2 Å². The van der Waals surface area contributed by atoms with Crippen molar-refractivity contribution in [3.05, 3.63) is 28.2 Å². The molecule has 3 nitrogen and oxygen atoms in total. The average Bonchev–Trinajstić information content (AvgIpc) is 2.33. The normalized spacial score (nSPS) is 20.3. The van der Waals surface area contributed by atoms with E-state index in [9.17, 15) is 4.79 Å². The lowest BCUT2D eigenvalue weighted by molar-refractivity contribution is -0.117. The lowest BCUT2D eigenvalue weighted by atomic mass is 10.0. The van der Waals surface area contributed by atoms with Crippen molar-refractivity contribution in [1.29, 1.82) is 0 Å². The Bertz CT molecular complexity index is 465. The zero-order valence-corrected chi connectivity index (χ0v) is 12.5. The van der Waals surface area contributed by atoms with Crippen molar-refractivity contribution in [2.24, 2.45) is 5.92 Å². The first kappa shape index (κ1) is 14.6. The van der Waals surface area contributed by atoms with Crippen molar-refractivity contribution in [2.75, 3.05) is 25.0 Å². The highest BCUT2D eigenvalue weighted by atomic mass is 35.5. The highest BCUT2D eigenvalue weighted by molar-refractivity contribution is 6.36. The first-order chi connectivity index (χ1) is 9.04. The second-order valence-electron chi connectivity index (χ2n) is 5.15. The third kappa shape index (κ3) is 4.37. The van der Waals surface area contributed by atoms with Gasteiger partial charge in [-0.3, -0.25) is 9.69 Å². The number of nitrogens with zero attached hydrogens (tertiary/aromatic N) is 1. The summed E-state index contributed by atoms with van der Waals surface area (Å²) in [6, 6.07) is 5.06. The van der Waals surface area contributed by atoms with Gasteiger partial charge in [0.15, 0.2) is 0 Å². The van der Waals surface area contributed by atoms with E-state index in [4.69, 9.17) is 23.2 Å². The van der Waals surface area contributed by atoms with Crippen LogP contribution in [0.15, 0.2) is 18.2 Å². The minimum absolute atomic E-state index is 0.0293. The molecule has 104 valence electrons. The maximum Gasteiger partial charge on any atom is 0.238 e. The van der Waals surface area contributed by atoms with Gasteiger partial charge in [-0.25, -0.2) is 0 Å². The van der Waals surface area contributed by atoms with E-state index in [-0.39, 0.29) is 5.91 Å². The van der Waals surface area contributed by atoms with Crippen LogP contribution in [0.5, 0.6) is 0 Å². The maximum atomic E-state index is 12.0. The topological polar surface area (TPSA) is 32.3 Å². The number of nitrogens with one attached hydrogen (secondary N) is 1. The molecule has 1 fully saturated rings. The van der Waals surface area contributed by atoms with Crippen LogP contribution in [-0.2, 0) is 4.79 Å². The molecule has 1 aromatic carbocycles. The number of anilines is 1. The summed E-state index contributed by atoms with van der Waals surface area (Å²) in [5, 5.41) is 3.86. The summed E-state index contributed by atoms with van der Waals surface area (Å²) in [7, 11) is 0. The predicted molar refractivity (Wildman–Crippen MR) is 79.9 cm³/mol. The van der Waals surface area contributed by atoms with Gasteiger partial charge in [0, 0.05) is 11.6 Å². The van der Waals surface area contributed by atoms with Gasteiger partial charge in [0.2, 0.25) is 5.91 Å². The zero-order chi connectivity index (χ0) is 13.8. The molecule has 1 unspecified atom stereocenters. The van der Waals surface area contributed by atoms with E-state index in [1.807, 2.05) is 0 Å². The number of carbonyl (C=O) groups excluding carboxylic acids is 1. The van der Waals surface area contributed by atoms with Crippen LogP contribution >= 0.6 is 23.2 Å². The van der Waals surface area contributed by atoms with Crippen molar-refractivity contribution >= 4 is 34.8 Å². The molecule has 0 aromatic heterocycles. The number of amides is 1. The van der Waals surface area contributed by atoms with Crippen LogP contribution in [0.25, 0.3) is 0 Å². The number of benzene rings is 1. The molecule has 1 N–H and O–H groups in total. The highest BCUT2D eigenvalue weighted by Crippen LogP contribution is 2.25. The van der Waals surface area contributed by atoms with Crippen LogP contribution < -0.4 is 5.32 Å². The van der Waals surface area contributed by atoms with Gasteiger partial charge in [-0.05, 0) is 43.5 Å². The molecule has 1 aromatic rings. The van der Waals surface area contributed by atoms with Crippen LogP contribution in [0.3, 0.4) is 0 Å². The number of piperidine rings is 1. The summed E-state index contributed by atoms with van der Waals surface area (Å²) < 4.78 is 0. The number of carbonyl (C=O) groups is 1. The monoisotopic (exact) mass is 300 g/mol. The molecular weight excluding hydrogens is 283 g/mol. The molecule has 1 aliphatic heterocycles. The van der Waals surface area contributed by atoms with E-state index in [0.29, 0.717) is 28.2 Å². The fraction of sp³-hybridized carbons (Fsp3) is 0.500. The summed E-state index contributed by atoms with van der Waals surface area (Å²) >= 11 is 11.8. The Hall–Kier alpha value is -0.770. The summed E-state index contributed by atoms with van der Waals surface area (Å²) in [6.07, 6.45) is 2.41. The third-order valence-corrected chi connectivity index (χ3v) is 3.86. The van der Waals surface area contributed by atoms with Crippen LogP contribution in [0.4, 0.5) is 5.69 Å². The molecule has 0 saturated carbocycles. The van der Waals surface area contributed by atoms with Crippen LogP contribution in [0.2, 0.25) is 10.0 Å². The SMILES string of the molecule is CC1CCCN(CC(=O)Nc2ccc(Cl)cc2Cl)C1. The Labute approximate surface area is 123 Å². The zero-order valence-electron chi connectivity index (χ0n) is 11.0. The molecule has 1 atom stereocenters. The maximum absolute atomic E-state index is 12.0. The summed E-state index contributed by atoms with van der Waals surface area (Å²) in [5.41, 5.74) is 0.612. The molecule has 2 rings (SSSR count). The van der Waals surface area contributed by atoms with Crippen molar-refractivity contribution in [3.8, 4) is 0 Å². The number of halogens is 2. The molecule has 0 aliphatic carbocycles. The first-order valence-corrected chi connectivity index (χ1v) is 7.27. The van der Waals surface area contributed by atoms with E-state index >= 15 is 0 Å². The van der Waals surface area contributed by atoms with E-state index in [1.165, 1.54) is 6.42 Å². The average molecular weight is 301 g/mol. The quantitative estimate of drug-likeness (QED) is 0.924. The molecule has 19 heavy (non-hydrogen) atoms. The number of hydrogen-bond donors (Lipinski definition) is 1. The van der Waals surface area contributed by atoms with Crippen LogP contribution in [0.1, 0.15) is 19.8 Å². The van der Waals surface area contributed by atoms with Gasteiger partial charge in [0.05, 0.1) is 17.3 Å². The molecule has 1 heterocycles. The van der Waals surface area contributed by atoms with Gasteiger partial charge in [0.25, 0.3) is 0 Å². The van der Waals surface area contributed by atoms with E-state index < -0.39 is 0 Å². The van der Waals surface area contributed by atoms with Gasteiger partial charge >= 0.3 is 0 Å². The van der Waals surface area contributed by atoms with Gasteiger partial charge in [-0.15, -0.1) is 0 Å². The Kier molecular flexibility index (Phi) is 5.08. The van der Waals surface area contributed by atoms with Gasteiger partial charge in [-0.1, -0.05) is 30.1 Å². The summed E-state index contributed by atoms with van der Waals surface area (Å²) in [4.78, 5) is 14.2. The molecule has 0 spiro atoms. The Morgan fingerprint density at radius 2 is 2.26 bits per heavy atom. The lowest BCUT2D eigenvalue weighted by Gasteiger charge is -2.30. The van der Waals surface area contributed by atoms with Gasteiger partial charge in [-0.2, -0.15) is 0 Å². The lowest BCUT2D eigenvalue weighted by Crippen LogP contribution is -2.39. The highest BCUT2D eigenvalue weighted by Gasteiger charge is 2.18. The molecule has 1 amide bonds. The third-order valence-electron chi connectivity index (χ3n) is 3.31. The second kappa shape index (κ2) is 6.60. The Balaban J connectivity index is 1.90. The van der Waals surface area contributed by atoms with Crippen LogP contribution in [-0.4, -0.2) is 30.4 Å². The number of hydrogen-bond acceptors (Lipinski definition) is 2. The molecule has 1 saturated heterocycles. The predicted octanol–water partition coefficient (Wildman–Crippen LogP) is 3.66. The minimum atomic E-state index is -0.0293. The van der Waals surface area contributed by atoms with E-state index in [2.05, 4.69) is 17.1 Å². The molecule has 1 aliphatic rings. The second-order valence-corrected chi connectivity index (χ2v) is 6.00. The largest absolute Gasteiger partial charge is 0.324 e. The van der Waals surface area contributed by atoms with Gasteiger partial charge in [0.1, 0.15) is 0 Å². The molecule has 0 bridgehead atoms. The van der Waals surface area contributed by atoms with Crippen LogP contribution in [0, 0.1) is 5.92 Å². The van der Waals surface area contributed by atoms with Crippen molar-refractivity contribution in [1.82, 2.24) is 4.90 Å². The van der Waals surface area contributed by atoms with Crippen molar-refractivity contribution in [3.63, 3.8) is 0 Å².